The second kappa shape index (κ2) is 4.14. The Kier molecular flexibility index (Phi) is 3.14. The number of rotatable bonds is 3. The Morgan fingerprint density at radius 1 is 1.54 bits per heavy atom. The van der Waals surface area contributed by atoms with Crippen molar-refractivity contribution in [3.8, 4) is 0 Å². The summed E-state index contributed by atoms with van der Waals surface area (Å²) in [4.78, 5) is 11.3. The summed E-state index contributed by atoms with van der Waals surface area (Å²) in [6.45, 7) is 1.95. The van der Waals surface area contributed by atoms with Gasteiger partial charge in [-0.2, -0.15) is 0 Å². The maximum atomic E-state index is 13.2. The number of ketones is 1. The minimum Gasteiger partial charge on any atom is -0.313 e. The first kappa shape index (κ1) is 9.86. The fourth-order valence-electron chi connectivity index (χ4n) is 1.10. The maximum absolute atomic E-state index is 13.2. The number of halogens is 1. The van der Waals surface area contributed by atoms with Crippen molar-refractivity contribution in [1.82, 2.24) is 5.32 Å². The van der Waals surface area contributed by atoms with Crippen LogP contribution in [0.5, 0.6) is 0 Å². The van der Waals surface area contributed by atoms with Crippen LogP contribution in [-0.4, -0.2) is 19.4 Å². The van der Waals surface area contributed by atoms with Gasteiger partial charge in [0.1, 0.15) is 5.82 Å². The van der Waals surface area contributed by atoms with Gasteiger partial charge in [-0.15, -0.1) is 0 Å². The van der Waals surface area contributed by atoms with E-state index in [0.717, 1.165) is 5.56 Å². The summed E-state index contributed by atoms with van der Waals surface area (Å²) >= 11 is 0. The van der Waals surface area contributed by atoms with Crippen LogP contribution in [0.3, 0.4) is 0 Å². The summed E-state index contributed by atoms with van der Waals surface area (Å²) in [6.07, 6.45) is 0. The van der Waals surface area contributed by atoms with Crippen molar-refractivity contribution in [2.24, 2.45) is 0 Å². The lowest BCUT2D eigenvalue weighted by Crippen LogP contribution is -2.19. The second-order valence-electron chi connectivity index (χ2n) is 2.94. The molecule has 0 aliphatic heterocycles. The van der Waals surface area contributed by atoms with Crippen molar-refractivity contribution < 1.29 is 9.18 Å². The summed E-state index contributed by atoms with van der Waals surface area (Å²) in [5, 5.41) is 2.69. The molecule has 1 aromatic rings. The molecule has 0 aliphatic carbocycles. The van der Waals surface area contributed by atoms with E-state index < -0.39 is 5.82 Å². The number of hydrogen-bond donors (Lipinski definition) is 1. The Morgan fingerprint density at radius 3 is 2.77 bits per heavy atom. The molecule has 0 heterocycles. The van der Waals surface area contributed by atoms with Crippen LogP contribution in [0.15, 0.2) is 18.2 Å². The van der Waals surface area contributed by atoms with E-state index in [-0.39, 0.29) is 17.9 Å². The molecule has 0 atom stereocenters. The average molecular weight is 181 g/mol. The smallest absolute Gasteiger partial charge is 0.179 e. The first-order valence-corrected chi connectivity index (χ1v) is 4.09. The van der Waals surface area contributed by atoms with Crippen LogP contribution in [0.25, 0.3) is 0 Å². The SMILES string of the molecule is CNCC(=O)c1ccc(C)cc1F. The van der Waals surface area contributed by atoms with Gasteiger partial charge in [0.25, 0.3) is 0 Å². The topological polar surface area (TPSA) is 29.1 Å². The molecule has 0 aromatic heterocycles. The van der Waals surface area contributed by atoms with Gasteiger partial charge < -0.3 is 5.32 Å². The summed E-state index contributed by atoms with van der Waals surface area (Å²) in [5.74, 6) is -0.666. The van der Waals surface area contributed by atoms with Crippen molar-refractivity contribution in [2.75, 3.05) is 13.6 Å². The minimum atomic E-state index is -0.444. The van der Waals surface area contributed by atoms with Gasteiger partial charge in [0, 0.05) is 0 Å². The highest BCUT2D eigenvalue weighted by Gasteiger charge is 2.09. The molecule has 0 fully saturated rings. The summed E-state index contributed by atoms with van der Waals surface area (Å²) < 4.78 is 13.2. The van der Waals surface area contributed by atoms with E-state index in [1.54, 1.807) is 20.0 Å². The summed E-state index contributed by atoms with van der Waals surface area (Å²) in [6, 6.07) is 4.61. The molecule has 1 aromatic carbocycles. The normalized spacial score (nSPS) is 10.1. The predicted molar refractivity (Wildman–Crippen MR) is 49.4 cm³/mol. The van der Waals surface area contributed by atoms with Crippen LogP contribution in [0, 0.1) is 12.7 Å². The van der Waals surface area contributed by atoms with E-state index in [2.05, 4.69) is 5.32 Å². The van der Waals surface area contributed by atoms with Crippen LogP contribution < -0.4 is 5.32 Å². The lowest BCUT2D eigenvalue weighted by molar-refractivity contribution is 0.0990. The molecule has 0 bridgehead atoms. The zero-order valence-electron chi connectivity index (χ0n) is 7.73. The van der Waals surface area contributed by atoms with Crippen LogP contribution >= 0.6 is 0 Å². The van der Waals surface area contributed by atoms with Crippen LogP contribution in [0.2, 0.25) is 0 Å². The van der Waals surface area contributed by atoms with Gasteiger partial charge in [-0.05, 0) is 31.7 Å². The number of benzene rings is 1. The van der Waals surface area contributed by atoms with Gasteiger partial charge in [-0.3, -0.25) is 4.79 Å². The fraction of sp³-hybridized carbons (Fsp3) is 0.300. The number of carbonyl (C=O) groups excluding carboxylic acids is 1. The van der Waals surface area contributed by atoms with Gasteiger partial charge in [-0.25, -0.2) is 4.39 Å². The molecule has 2 nitrogen and oxygen atoms in total. The molecule has 0 radical (unpaired) electrons. The molecular weight excluding hydrogens is 169 g/mol. The van der Waals surface area contributed by atoms with E-state index in [0.29, 0.717) is 0 Å². The third kappa shape index (κ3) is 2.36. The van der Waals surface area contributed by atoms with Crippen molar-refractivity contribution in [3.05, 3.63) is 35.1 Å². The molecule has 0 aliphatic rings. The number of carbonyl (C=O) groups is 1. The first-order chi connectivity index (χ1) is 6.15. The van der Waals surface area contributed by atoms with Crippen LogP contribution in [0.1, 0.15) is 15.9 Å². The molecule has 1 N–H and O–H groups in total. The molecule has 0 spiro atoms. The first-order valence-electron chi connectivity index (χ1n) is 4.09. The molecule has 0 unspecified atom stereocenters. The average Bonchev–Trinajstić information content (AvgIpc) is 2.04. The fourth-order valence-corrected chi connectivity index (χ4v) is 1.10. The third-order valence-corrected chi connectivity index (χ3v) is 1.76. The van der Waals surface area contributed by atoms with Gasteiger partial charge in [0.2, 0.25) is 0 Å². The third-order valence-electron chi connectivity index (χ3n) is 1.76. The standard InChI is InChI=1S/C10H12FNO/c1-7-3-4-8(9(11)5-7)10(13)6-12-2/h3-5,12H,6H2,1-2H3. The highest BCUT2D eigenvalue weighted by molar-refractivity contribution is 5.97. The molecule has 0 amide bonds. The Labute approximate surface area is 76.8 Å². The molecule has 1 rings (SSSR count). The van der Waals surface area contributed by atoms with Gasteiger partial charge >= 0.3 is 0 Å². The van der Waals surface area contributed by atoms with Gasteiger partial charge in [0.05, 0.1) is 12.1 Å². The van der Waals surface area contributed by atoms with Crippen molar-refractivity contribution >= 4 is 5.78 Å². The van der Waals surface area contributed by atoms with Gasteiger partial charge in [0.15, 0.2) is 5.78 Å². The van der Waals surface area contributed by atoms with Crippen LogP contribution in [0.4, 0.5) is 4.39 Å². The molecule has 0 saturated carbocycles. The Balaban J connectivity index is 2.95. The van der Waals surface area contributed by atoms with Crippen molar-refractivity contribution in [1.29, 1.82) is 0 Å². The summed E-state index contributed by atoms with van der Waals surface area (Å²) in [7, 11) is 1.66. The Morgan fingerprint density at radius 2 is 2.23 bits per heavy atom. The number of nitrogens with one attached hydrogen (secondary N) is 1. The summed E-state index contributed by atoms with van der Waals surface area (Å²) in [5.41, 5.74) is 0.971. The highest BCUT2D eigenvalue weighted by Crippen LogP contribution is 2.09. The molecular formula is C10H12FNO. The minimum absolute atomic E-state index is 0.153. The van der Waals surface area contributed by atoms with E-state index in [4.69, 9.17) is 0 Å². The lowest BCUT2D eigenvalue weighted by Gasteiger charge is -2.02. The Hall–Kier alpha value is -1.22. The van der Waals surface area contributed by atoms with E-state index in [1.165, 1.54) is 12.1 Å². The van der Waals surface area contributed by atoms with E-state index >= 15 is 0 Å². The van der Waals surface area contributed by atoms with E-state index in [1.807, 2.05) is 0 Å². The number of hydrogen-bond acceptors (Lipinski definition) is 2. The maximum Gasteiger partial charge on any atom is 0.179 e. The monoisotopic (exact) mass is 181 g/mol. The van der Waals surface area contributed by atoms with Gasteiger partial charge in [-0.1, -0.05) is 6.07 Å². The second-order valence-corrected chi connectivity index (χ2v) is 2.94. The zero-order valence-corrected chi connectivity index (χ0v) is 7.73. The largest absolute Gasteiger partial charge is 0.313 e. The molecule has 13 heavy (non-hydrogen) atoms. The molecule has 0 saturated heterocycles. The van der Waals surface area contributed by atoms with Crippen molar-refractivity contribution in [2.45, 2.75) is 6.92 Å². The number of likely N-dealkylation sites (N-methyl/N-ethyl adjacent to an activating group) is 1. The van der Waals surface area contributed by atoms with Crippen molar-refractivity contribution in [3.63, 3.8) is 0 Å². The number of aryl methyl sites for hydroxylation is 1. The zero-order chi connectivity index (χ0) is 9.84. The Bertz CT molecular complexity index is 323. The molecule has 70 valence electrons. The van der Waals surface area contributed by atoms with E-state index in [9.17, 15) is 9.18 Å². The van der Waals surface area contributed by atoms with Crippen LogP contribution in [-0.2, 0) is 0 Å². The quantitative estimate of drug-likeness (QED) is 0.716. The highest BCUT2D eigenvalue weighted by atomic mass is 19.1. The lowest BCUT2D eigenvalue weighted by atomic mass is 10.1. The predicted octanol–water partition coefficient (Wildman–Crippen LogP) is 1.54. The number of Topliss-reactive ketones (excluding diaryl/α,β-unsaturated/α-hetero) is 1. The molecule has 3 heteroatoms.